The van der Waals surface area contributed by atoms with Crippen molar-refractivity contribution in [2.24, 2.45) is 0 Å². The zero-order chi connectivity index (χ0) is 13.8. The molecule has 0 amide bonds. The van der Waals surface area contributed by atoms with Crippen LogP contribution in [0.3, 0.4) is 0 Å². The van der Waals surface area contributed by atoms with Crippen LogP contribution < -0.4 is 10.2 Å². The molecule has 20 heavy (non-hydrogen) atoms. The molecule has 5 heteroatoms. The zero-order valence-electron chi connectivity index (χ0n) is 11.7. The fourth-order valence-electron chi connectivity index (χ4n) is 2.60. The predicted octanol–water partition coefficient (Wildman–Crippen LogP) is 2.14. The molecule has 1 aliphatic heterocycles. The zero-order valence-corrected chi connectivity index (χ0v) is 11.7. The number of anilines is 1. The van der Waals surface area contributed by atoms with Crippen molar-refractivity contribution in [2.45, 2.75) is 32.4 Å². The van der Waals surface area contributed by atoms with Gasteiger partial charge in [-0.05, 0) is 38.0 Å². The highest BCUT2D eigenvalue weighted by Gasteiger charge is 2.21. The lowest BCUT2D eigenvalue weighted by atomic mass is 10.1. The maximum absolute atomic E-state index is 5.59. The molecular formula is C15H20N4O. The highest BCUT2D eigenvalue weighted by atomic mass is 16.3. The van der Waals surface area contributed by atoms with Crippen molar-refractivity contribution in [3.63, 3.8) is 0 Å². The Kier molecular flexibility index (Phi) is 3.97. The number of nitrogens with zero attached hydrogens (tertiary/aromatic N) is 3. The van der Waals surface area contributed by atoms with Gasteiger partial charge >= 0.3 is 0 Å². The molecule has 0 spiro atoms. The molecule has 3 heterocycles. The van der Waals surface area contributed by atoms with Crippen LogP contribution >= 0.6 is 0 Å². The summed E-state index contributed by atoms with van der Waals surface area (Å²) in [5, 5.41) is 3.56. The highest BCUT2D eigenvalue weighted by Crippen LogP contribution is 2.16. The molecule has 106 valence electrons. The maximum Gasteiger partial charge on any atom is 0.225 e. The molecule has 0 aliphatic carbocycles. The van der Waals surface area contributed by atoms with Gasteiger partial charge in [-0.15, -0.1) is 0 Å². The lowest BCUT2D eigenvalue weighted by molar-refractivity contribution is 0.388. The molecule has 2 aromatic heterocycles. The fourth-order valence-corrected chi connectivity index (χ4v) is 2.60. The molecule has 0 saturated carbocycles. The van der Waals surface area contributed by atoms with Crippen molar-refractivity contribution in [2.75, 3.05) is 18.0 Å². The minimum Gasteiger partial charge on any atom is -0.465 e. The standard InChI is InChI=1S/C15H20N4O/c1-12-5-6-14(20-12)10-18-13-4-2-9-19(11-13)15-16-7-3-8-17-15/h3,5-8,13,18H,2,4,9-11H2,1H3. The van der Waals surface area contributed by atoms with Crippen LogP contribution in [0.1, 0.15) is 24.4 Å². The second kappa shape index (κ2) is 6.05. The topological polar surface area (TPSA) is 54.2 Å². The summed E-state index contributed by atoms with van der Waals surface area (Å²) >= 11 is 0. The third kappa shape index (κ3) is 3.17. The van der Waals surface area contributed by atoms with E-state index in [0.29, 0.717) is 6.04 Å². The summed E-state index contributed by atoms with van der Waals surface area (Å²) < 4.78 is 5.59. The van der Waals surface area contributed by atoms with Crippen LogP contribution in [-0.4, -0.2) is 29.1 Å². The van der Waals surface area contributed by atoms with Gasteiger partial charge in [-0.2, -0.15) is 0 Å². The molecule has 0 aromatic carbocycles. The van der Waals surface area contributed by atoms with Gasteiger partial charge in [0.1, 0.15) is 11.5 Å². The number of furan rings is 1. The number of nitrogens with one attached hydrogen (secondary N) is 1. The minimum absolute atomic E-state index is 0.456. The van der Waals surface area contributed by atoms with Gasteiger partial charge < -0.3 is 14.6 Å². The summed E-state index contributed by atoms with van der Waals surface area (Å²) in [7, 11) is 0. The summed E-state index contributed by atoms with van der Waals surface area (Å²) in [5.74, 6) is 2.79. The number of hydrogen-bond acceptors (Lipinski definition) is 5. The van der Waals surface area contributed by atoms with Crippen LogP contribution in [0.5, 0.6) is 0 Å². The molecule has 1 fully saturated rings. The third-order valence-electron chi connectivity index (χ3n) is 3.62. The minimum atomic E-state index is 0.456. The Hall–Kier alpha value is -1.88. The van der Waals surface area contributed by atoms with Gasteiger partial charge in [0.2, 0.25) is 5.95 Å². The first-order chi connectivity index (χ1) is 9.81. The van der Waals surface area contributed by atoms with Gasteiger partial charge in [0.25, 0.3) is 0 Å². The van der Waals surface area contributed by atoms with E-state index in [1.165, 1.54) is 6.42 Å². The quantitative estimate of drug-likeness (QED) is 0.924. The van der Waals surface area contributed by atoms with E-state index in [-0.39, 0.29) is 0 Å². The summed E-state index contributed by atoms with van der Waals surface area (Å²) in [5.41, 5.74) is 0. The van der Waals surface area contributed by atoms with Gasteiger partial charge in [-0.25, -0.2) is 9.97 Å². The number of rotatable bonds is 4. The molecular weight excluding hydrogens is 252 g/mol. The Labute approximate surface area is 119 Å². The van der Waals surface area contributed by atoms with Crippen molar-refractivity contribution in [3.05, 3.63) is 42.1 Å². The molecule has 1 aliphatic rings. The summed E-state index contributed by atoms with van der Waals surface area (Å²) in [6, 6.07) is 6.34. The summed E-state index contributed by atoms with van der Waals surface area (Å²) in [4.78, 5) is 10.9. The lowest BCUT2D eigenvalue weighted by Crippen LogP contribution is -2.46. The van der Waals surface area contributed by atoms with Crippen molar-refractivity contribution in [1.29, 1.82) is 0 Å². The smallest absolute Gasteiger partial charge is 0.225 e. The molecule has 1 atom stereocenters. The van der Waals surface area contributed by atoms with Crippen LogP contribution in [-0.2, 0) is 6.54 Å². The summed E-state index contributed by atoms with van der Waals surface area (Å²) in [6.45, 7) is 4.73. The monoisotopic (exact) mass is 272 g/mol. The molecule has 3 rings (SSSR count). The molecule has 2 aromatic rings. The Balaban J connectivity index is 1.55. The van der Waals surface area contributed by atoms with Crippen LogP contribution in [0.2, 0.25) is 0 Å². The van der Waals surface area contributed by atoms with Crippen LogP contribution in [0.4, 0.5) is 5.95 Å². The number of aryl methyl sites for hydroxylation is 1. The average molecular weight is 272 g/mol. The van der Waals surface area contributed by atoms with Gasteiger partial charge in [0.15, 0.2) is 0 Å². The van der Waals surface area contributed by atoms with E-state index in [1.54, 1.807) is 12.4 Å². The molecule has 1 N–H and O–H groups in total. The second-order valence-electron chi connectivity index (χ2n) is 5.23. The lowest BCUT2D eigenvalue weighted by Gasteiger charge is -2.33. The Morgan fingerprint density at radius 1 is 1.35 bits per heavy atom. The first kappa shape index (κ1) is 13.1. The Morgan fingerprint density at radius 3 is 2.95 bits per heavy atom. The first-order valence-corrected chi connectivity index (χ1v) is 7.12. The molecule has 1 saturated heterocycles. The molecule has 0 radical (unpaired) electrons. The van der Waals surface area contributed by atoms with E-state index >= 15 is 0 Å². The summed E-state index contributed by atoms with van der Waals surface area (Å²) in [6.07, 6.45) is 5.94. The van der Waals surface area contributed by atoms with E-state index in [2.05, 4.69) is 20.2 Å². The predicted molar refractivity (Wildman–Crippen MR) is 77.6 cm³/mol. The fraction of sp³-hybridized carbons (Fsp3) is 0.467. The van der Waals surface area contributed by atoms with Crippen molar-refractivity contribution in [1.82, 2.24) is 15.3 Å². The van der Waals surface area contributed by atoms with Crippen LogP contribution in [0, 0.1) is 6.92 Å². The van der Waals surface area contributed by atoms with Crippen molar-refractivity contribution >= 4 is 5.95 Å². The third-order valence-corrected chi connectivity index (χ3v) is 3.62. The second-order valence-corrected chi connectivity index (χ2v) is 5.23. The van der Waals surface area contributed by atoms with Gasteiger partial charge in [0.05, 0.1) is 6.54 Å². The SMILES string of the molecule is Cc1ccc(CNC2CCCN(c3ncccn3)C2)o1. The Morgan fingerprint density at radius 2 is 2.20 bits per heavy atom. The molecule has 5 nitrogen and oxygen atoms in total. The number of piperidine rings is 1. The van der Waals surface area contributed by atoms with E-state index < -0.39 is 0 Å². The molecule has 1 unspecified atom stereocenters. The van der Waals surface area contributed by atoms with Crippen LogP contribution in [0.15, 0.2) is 35.0 Å². The van der Waals surface area contributed by atoms with E-state index in [9.17, 15) is 0 Å². The molecule has 0 bridgehead atoms. The van der Waals surface area contributed by atoms with Crippen LogP contribution in [0.25, 0.3) is 0 Å². The highest BCUT2D eigenvalue weighted by molar-refractivity contribution is 5.29. The van der Waals surface area contributed by atoms with Gasteiger partial charge in [-0.3, -0.25) is 0 Å². The number of hydrogen-bond donors (Lipinski definition) is 1. The normalized spacial score (nSPS) is 19.2. The van der Waals surface area contributed by atoms with Gasteiger partial charge in [-0.1, -0.05) is 0 Å². The van der Waals surface area contributed by atoms with Gasteiger partial charge in [0, 0.05) is 31.5 Å². The number of aromatic nitrogens is 2. The largest absolute Gasteiger partial charge is 0.465 e. The Bertz CT molecular complexity index is 540. The average Bonchev–Trinajstić information content (AvgIpc) is 2.92. The maximum atomic E-state index is 5.59. The first-order valence-electron chi connectivity index (χ1n) is 7.12. The van der Waals surface area contributed by atoms with E-state index in [1.807, 2.05) is 25.1 Å². The van der Waals surface area contributed by atoms with Crippen molar-refractivity contribution in [3.8, 4) is 0 Å². The van der Waals surface area contributed by atoms with E-state index in [4.69, 9.17) is 4.42 Å². The van der Waals surface area contributed by atoms with Crippen molar-refractivity contribution < 1.29 is 4.42 Å². The van der Waals surface area contributed by atoms with E-state index in [0.717, 1.165) is 43.5 Å².